The first kappa shape index (κ1) is 16.4. The van der Waals surface area contributed by atoms with E-state index in [1.807, 2.05) is 0 Å². The lowest BCUT2D eigenvalue weighted by atomic mass is 10.1. The number of alkyl halides is 3. The molecule has 0 spiro atoms. The van der Waals surface area contributed by atoms with Crippen molar-refractivity contribution in [2.75, 3.05) is 13.2 Å². The standard InChI is InChI=1S/C13H15F4NO2/c1-8(2)18(5-6-19)12(20)9-3-4-11(14)10(7-9)13(15,16)17/h3-4,7-8,19H,5-6H2,1-2H3. The molecule has 0 fully saturated rings. The molecule has 0 unspecified atom stereocenters. The van der Waals surface area contributed by atoms with Gasteiger partial charge in [0.05, 0.1) is 12.2 Å². The highest BCUT2D eigenvalue weighted by atomic mass is 19.4. The normalized spacial score (nSPS) is 11.8. The van der Waals surface area contributed by atoms with E-state index >= 15 is 0 Å². The zero-order valence-electron chi connectivity index (χ0n) is 11.0. The summed E-state index contributed by atoms with van der Waals surface area (Å²) in [6.07, 6.45) is -4.86. The summed E-state index contributed by atoms with van der Waals surface area (Å²) in [7, 11) is 0. The fraction of sp³-hybridized carbons (Fsp3) is 0.462. The van der Waals surface area contributed by atoms with E-state index in [1.54, 1.807) is 13.8 Å². The molecular weight excluding hydrogens is 278 g/mol. The van der Waals surface area contributed by atoms with E-state index in [4.69, 9.17) is 5.11 Å². The monoisotopic (exact) mass is 293 g/mol. The fourth-order valence-electron chi connectivity index (χ4n) is 1.74. The number of nitrogens with zero attached hydrogens (tertiary/aromatic N) is 1. The molecule has 0 radical (unpaired) electrons. The summed E-state index contributed by atoms with van der Waals surface area (Å²) in [4.78, 5) is 13.3. The van der Waals surface area contributed by atoms with Crippen molar-refractivity contribution >= 4 is 5.91 Å². The van der Waals surface area contributed by atoms with E-state index in [1.165, 1.54) is 4.90 Å². The minimum atomic E-state index is -4.86. The first-order valence-electron chi connectivity index (χ1n) is 5.97. The predicted molar refractivity (Wildman–Crippen MR) is 64.7 cm³/mol. The average Bonchev–Trinajstić information content (AvgIpc) is 2.34. The molecule has 0 aliphatic carbocycles. The van der Waals surface area contributed by atoms with Crippen molar-refractivity contribution in [1.82, 2.24) is 4.90 Å². The SMILES string of the molecule is CC(C)N(CCO)C(=O)c1ccc(F)c(C(F)(F)F)c1. The van der Waals surface area contributed by atoms with Crippen LogP contribution in [0.3, 0.4) is 0 Å². The molecule has 0 saturated heterocycles. The minimum Gasteiger partial charge on any atom is -0.395 e. The van der Waals surface area contributed by atoms with E-state index < -0.39 is 23.5 Å². The van der Waals surface area contributed by atoms with Crippen molar-refractivity contribution in [1.29, 1.82) is 0 Å². The molecular formula is C13H15F4NO2. The Balaban J connectivity index is 3.17. The number of halogens is 4. The number of amides is 1. The van der Waals surface area contributed by atoms with Crippen molar-refractivity contribution < 1.29 is 27.5 Å². The number of hydrogen-bond donors (Lipinski definition) is 1. The Morgan fingerprint density at radius 1 is 1.35 bits per heavy atom. The third kappa shape index (κ3) is 3.69. The minimum absolute atomic E-state index is 0.00473. The fourth-order valence-corrected chi connectivity index (χ4v) is 1.74. The van der Waals surface area contributed by atoms with Crippen LogP contribution >= 0.6 is 0 Å². The Labute approximate surface area is 113 Å². The van der Waals surface area contributed by atoms with Gasteiger partial charge in [-0.15, -0.1) is 0 Å². The highest BCUT2D eigenvalue weighted by molar-refractivity contribution is 5.94. The molecule has 0 bridgehead atoms. The van der Waals surface area contributed by atoms with Crippen LogP contribution in [-0.2, 0) is 6.18 Å². The van der Waals surface area contributed by atoms with Gasteiger partial charge in [0.2, 0.25) is 0 Å². The van der Waals surface area contributed by atoms with Gasteiger partial charge in [-0.1, -0.05) is 0 Å². The average molecular weight is 293 g/mol. The van der Waals surface area contributed by atoms with Gasteiger partial charge in [0, 0.05) is 18.2 Å². The first-order valence-corrected chi connectivity index (χ1v) is 5.97. The number of hydrogen-bond acceptors (Lipinski definition) is 2. The van der Waals surface area contributed by atoms with Crippen molar-refractivity contribution in [3.05, 3.63) is 35.1 Å². The summed E-state index contributed by atoms with van der Waals surface area (Å²) in [5.41, 5.74) is -1.74. The lowest BCUT2D eigenvalue weighted by molar-refractivity contribution is -0.140. The van der Waals surface area contributed by atoms with Crippen molar-refractivity contribution in [3.8, 4) is 0 Å². The lowest BCUT2D eigenvalue weighted by Gasteiger charge is -2.26. The Morgan fingerprint density at radius 2 is 1.95 bits per heavy atom. The third-order valence-corrected chi connectivity index (χ3v) is 2.74. The van der Waals surface area contributed by atoms with Gasteiger partial charge in [0.25, 0.3) is 5.91 Å². The second-order valence-electron chi connectivity index (χ2n) is 4.51. The molecule has 3 nitrogen and oxygen atoms in total. The highest BCUT2D eigenvalue weighted by Crippen LogP contribution is 2.32. The Morgan fingerprint density at radius 3 is 2.40 bits per heavy atom. The predicted octanol–water partition coefficient (Wildman–Crippen LogP) is 2.69. The summed E-state index contributed by atoms with van der Waals surface area (Å²) in [5, 5.41) is 8.88. The van der Waals surface area contributed by atoms with Crippen molar-refractivity contribution in [2.45, 2.75) is 26.1 Å². The highest BCUT2D eigenvalue weighted by Gasteiger charge is 2.35. The molecule has 1 aromatic carbocycles. The topological polar surface area (TPSA) is 40.5 Å². The molecule has 7 heteroatoms. The molecule has 20 heavy (non-hydrogen) atoms. The largest absolute Gasteiger partial charge is 0.419 e. The van der Waals surface area contributed by atoms with Crippen LogP contribution in [0.5, 0.6) is 0 Å². The van der Waals surface area contributed by atoms with Crippen LogP contribution in [0.25, 0.3) is 0 Å². The molecule has 0 saturated carbocycles. The van der Waals surface area contributed by atoms with Crippen molar-refractivity contribution in [2.24, 2.45) is 0 Å². The molecule has 1 amide bonds. The van der Waals surface area contributed by atoms with Gasteiger partial charge < -0.3 is 10.0 Å². The molecule has 0 heterocycles. The van der Waals surface area contributed by atoms with Gasteiger partial charge in [0.15, 0.2) is 0 Å². The van der Waals surface area contributed by atoms with Crippen LogP contribution in [0, 0.1) is 5.82 Å². The molecule has 0 aliphatic heterocycles. The number of carbonyl (C=O) groups is 1. The molecule has 0 atom stereocenters. The smallest absolute Gasteiger partial charge is 0.395 e. The summed E-state index contributed by atoms with van der Waals surface area (Å²) in [5.74, 6) is -2.10. The van der Waals surface area contributed by atoms with Gasteiger partial charge in [0.1, 0.15) is 5.82 Å². The molecule has 0 aromatic heterocycles. The van der Waals surface area contributed by atoms with E-state index in [2.05, 4.69) is 0 Å². The van der Waals surface area contributed by atoms with E-state index in [0.29, 0.717) is 12.1 Å². The molecule has 112 valence electrons. The van der Waals surface area contributed by atoms with Gasteiger partial charge in [-0.25, -0.2) is 4.39 Å². The zero-order chi connectivity index (χ0) is 15.5. The summed E-state index contributed by atoms with van der Waals surface area (Å²) in [6, 6.07) is 1.81. The summed E-state index contributed by atoms with van der Waals surface area (Å²) >= 11 is 0. The Kier molecular flexibility index (Phi) is 5.10. The Hall–Kier alpha value is -1.63. The number of aliphatic hydroxyl groups is 1. The van der Waals surface area contributed by atoms with Gasteiger partial charge in [-0.05, 0) is 32.0 Å². The van der Waals surface area contributed by atoms with Gasteiger partial charge in [-0.3, -0.25) is 4.79 Å². The van der Waals surface area contributed by atoms with Crippen LogP contribution in [0.1, 0.15) is 29.8 Å². The molecule has 1 aromatic rings. The summed E-state index contributed by atoms with van der Waals surface area (Å²) < 4.78 is 50.9. The van der Waals surface area contributed by atoms with Gasteiger partial charge >= 0.3 is 6.18 Å². The van der Waals surface area contributed by atoms with E-state index in [9.17, 15) is 22.4 Å². The molecule has 1 N–H and O–H groups in total. The third-order valence-electron chi connectivity index (χ3n) is 2.74. The Bertz CT molecular complexity index is 486. The maximum Gasteiger partial charge on any atom is 0.419 e. The molecule has 1 rings (SSSR count). The van der Waals surface area contributed by atoms with Crippen LogP contribution in [0.2, 0.25) is 0 Å². The van der Waals surface area contributed by atoms with E-state index in [0.717, 1.165) is 6.07 Å². The summed E-state index contributed by atoms with van der Waals surface area (Å²) in [6.45, 7) is 3.02. The van der Waals surface area contributed by atoms with Crippen LogP contribution in [-0.4, -0.2) is 35.1 Å². The number of rotatable bonds is 4. The number of aliphatic hydroxyl groups excluding tert-OH is 1. The van der Waals surface area contributed by atoms with Crippen LogP contribution in [0.15, 0.2) is 18.2 Å². The lowest BCUT2D eigenvalue weighted by Crippen LogP contribution is -2.39. The van der Waals surface area contributed by atoms with Gasteiger partial charge in [-0.2, -0.15) is 13.2 Å². The van der Waals surface area contributed by atoms with E-state index in [-0.39, 0.29) is 24.8 Å². The maximum atomic E-state index is 13.2. The van der Waals surface area contributed by atoms with Crippen LogP contribution < -0.4 is 0 Å². The molecule has 0 aliphatic rings. The number of benzene rings is 1. The zero-order valence-corrected chi connectivity index (χ0v) is 11.0. The number of carbonyl (C=O) groups excluding carboxylic acids is 1. The second-order valence-corrected chi connectivity index (χ2v) is 4.51. The van der Waals surface area contributed by atoms with Crippen LogP contribution in [0.4, 0.5) is 17.6 Å². The van der Waals surface area contributed by atoms with Crippen molar-refractivity contribution in [3.63, 3.8) is 0 Å². The quantitative estimate of drug-likeness (QED) is 0.867. The second kappa shape index (κ2) is 6.21. The first-order chi connectivity index (χ1) is 9.18. The maximum absolute atomic E-state index is 13.2.